The van der Waals surface area contributed by atoms with Crippen molar-refractivity contribution in [2.45, 2.75) is 32.5 Å². The van der Waals surface area contributed by atoms with Gasteiger partial charge in [-0.3, -0.25) is 0 Å². The molecule has 0 aliphatic carbocycles. The van der Waals surface area contributed by atoms with E-state index in [0.717, 1.165) is 11.1 Å². The smallest absolute Gasteiger partial charge is 0.338 e. The summed E-state index contributed by atoms with van der Waals surface area (Å²) in [6.45, 7) is 5.50. The van der Waals surface area contributed by atoms with Gasteiger partial charge in [0.2, 0.25) is 0 Å². The first-order valence-corrected chi connectivity index (χ1v) is 6.93. The molecule has 110 valence electrons. The molecular weight excluding hydrogens is 264 g/mol. The van der Waals surface area contributed by atoms with E-state index in [4.69, 9.17) is 4.74 Å². The van der Waals surface area contributed by atoms with Crippen LogP contribution < -0.4 is 0 Å². The fourth-order valence-corrected chi connectivity index (χ4v) is 1.97. The normalized spacial score (nSPS) is 12.8. The zero-order valence-corrected chi connectivity index (χ0v) is 12.5. The highest BCUT2D eigenvalue weighted by atomic mass is 16.6. The minimum atomic E-state index is -0.695. The van der Waals surface area contributed by atoms with Crippen molar-refractivity contribution >= 4 is 5.97 Å². The van der Waals surface area contributed by atoms with E-state index in [0.29, 0.717) is 5.56 Å². The van der Waals surface area contributed by atoms with Crippen LogP contribution in [0.5, 0.6) is 0 Å². The fraction of sp³-hybridized carbons (Fsp3) is 0.278. The van der Waals surface area contributed by atoms with Crippen molar-refractivity contribution in [3.63, 3.8) is 0 Å². The molecule has 0 amide bonds. The number of rotatable bonds is 3. The lowest BCUT2D eigenvalue weighted by molar-refractivity contribution is 0.00694. The summed E-state index contributed by atoms with van der Waals surface area (Å²) in [5, 5.41) is 10.3. The van der Waals surface area contributed by atoms with Gasteiger partial charge >= 0.3 is 5.97 Å². The number of aliphatic hydroxyl groups is 1. The van der Waals surface area contributed by atoms with Crippen LogP contribution in [-0.4, -0.2) is 16.7 Å². The SMILES string of the molecule is CC(C)(C)OC(=O)c1ccc(C(O)c2ccccc2)cc1. The summed E-state index contributed by atoms with van der Waals surface area (Å²) in [5.74, 6) is -0.358. The summed E-state index contributed by atoms with van der Waals surface area (Å²) in [6, 6.07) is 16.3. The number of hydrogen-bond donors (Lipinski definition) is 1. The van der Waals surface area contributed by atoms with Crippen LogP contribution in [0.2, 0.25) is 0 Å². The van der Waals surface area contributed by atoms with E-state index >= 15 is 0 Å². The third kappa shape index (κ3) is 4.17. The monoisotopic (exact) mass is 284 g/mol. The molecule has 0 saturated heterocycles. The average molecular weight is 284 g/mol. The molecule has 2 aromatic carbocycles. The quantitative estimate of drug-likeness (QED) is 0.874. The summed E-state index contributed by atoms with van der Waals surface area (Å²) in [4.78, 5) is 11.9. The van der Waals surface area contributed by atoms with E-state index < -0.39 is 11.7 Å². The van der Waals surface area contributed by atoms with Gasteiger partial charge in [-0.15, -0.1) is 0 Å². The Kier molecular flexibility index (Phi) is 4.43. The maximum absolute atomic E-state index is 11.9. The Labute approximate surface area is 125 Å². The summed E-state index contributed by atoms with van der Waals surface area (Å²) in [7, 11) is 0. The second-order valence-corrected chi connectivity index (χ2v) is 5.94. The summed E-state index contributed by atoms with van der Waals surface area (Å²) >= 11 is 0. The van der Waals surface area contributed by atoms with E-state index in [1.807, 2.05) is 51.1 Å². The van der Waals surface area contributed by atoms with Gasteiger partial charge in [0, 0.05) is 0 Å². The predicted molar refractivity (Wildman–Crippen MR) is 82.1 cm³/mol. The van der Waals surface area contributed by atoms with Gasteiger partial charge in [-0.1, -0.05) is 42.5 Å². The van der Waals surface area contributed by atoms with Gasteiger partial charge in [0.1, 0.15) is 11.7 Å². The van der Waals surface area contributed by atoms with Crippen molar-refractivity contribution in [2.24, 2.45) is 0 Å². The Bertz CT molecular complexity index is 595. The molecule has 0 aliphatic rings. The second-order valence-electron chi connectivity index (χ2n) is 5.94. The summed E-state index contributed by atoms with van der Waals surface area (Å²) in [6.07, 6.45) is -0.695. The van der Waals surface area contributed by atoms with Crippen LogP contribution >= 0.6 is 0 Å². The van der Waals surface area contributed by atoms with E-state index in [1.54, 1.807) is 24.3 Å². The number of esters is 1. The first-order valence-electron chi connectivity index (χ1n) is 6.93. The van der Waals surface area contributed by atoms with Crippen LogP contribution in [0.25, 0.3) is 0 Å². The highest BCUT2D eigenvalue weighted by Crippen LogP contribution is 2.22. The first-order chi connectivity index (χ1) is 9.87. The van der Waals surface area contributed by atoms with E-state index in [1.165, 1.54) is 0 Å². The molecule has 21 heavy (non-hydrogen) atoms. The Morgan fingerprint density at radius 3 is 2.00 bits per heavy atom. The van der Waals surface area contributed by atoms with Gasteiger partial charge in [0.25, 0.3) is 0 Å². The Morgan fingerprint density at radius 1 is 0.952 bits per heavy atom. The zero-order valence-electron chi connectivity index (χ0n) is 12.5. The highest BCUT2D eigenvalue weighted by Gasteiger charge is 2.18. The molecule has 1 N–H and O–H groups in total. The molecule has 2 rings (SSSR count). The summed E-state index contributed by atoms with van der Waals surface area (Å²) < 4.78 is 5.31. The molecule has 1 atom stereocenters. The molecule has 2 aromatic rings. The van der Waals surface area contributed by atoms with E-state index in [9.17, 15) is 9.90 Å². The number of carbonyl (C=O) groups excluding carboxylic acids is 1. The molecule has 0 spiro atoms. The van der Waals surface area contributed by atoms with Gasteiger partial charge in [0.05, 0.1) is 5.56 Å². The molecule has 0 saturated carbocycles. The average Bonchev–Trinajstić information content (AvgIpc) is 2.46. The third-order valence-electron chi connectivity index (χ3n) is 2.98. The van der Waals surface area contributed by atoms with Crippen molar-refractivity contribution in [3.05, 3.63) is 71.3 Å². The molecule has 0 radical (unpaired) electrons. The molecule has 0 bridgehead atoms. The first kappa shape index (κ1) is 15.3. The number of carbonyl (C=O) groups is 1. The van der Waals surface area contributed by atoms with Gasteiger partial charge in [-0.05, 0) is 44.0 Å². The van der Waals surface area contributed by atoms with Crippen LogP contribution in [0.3, 0.4) is 0 Å². The number of benzene rings is 2. The topological polar surface area (TPSA) is 46.5 Å². The largest absolute Gasteiger partial charge is 0.456 e. The van der Waals surface area contributed by atoms with Crippen LogP contribution in [0.15, 0.2) is 54.6 Å². The van der Waals surface area contributed by atoms with E-state index in [-0.39, 0.29) is 5.97 Å². The van der Waals surface area contributed by atoms with Crippen molar-refractivity contribution in [3.8, 4) is 0 Å². The Hall–Kier alpha value is -2.13. The van der Waals surface area contributed by atoms with Crippen LogP contribution in [-0.2, 0) is 4.74 Å². The molecule has 0 fully saturated rings. The molecule has 1 unspecified atom stereocenters. The maximum Gasteiger partial charge on any atom is 0.338 e. The van der Waals surface area contributed by atoms with Crippen LogP contribution in [0.4, 0.5) is 0 Å². The fourth-order valence-electron chi connectivity index (χ4n) is 1.97. The molecule has 0 heterocycles. The van der Waals surface area contributed by atoms with E-state index in [2.05, 4.69) is 0 Å². The van der Waals surface area contributed by atoms with Gasteiger partial charge < -0.3 is 9.84 Å². The molecule has 3 nitrogen and oxygen atoms in total. The van der Waals surface area contributed by atoms with Crippen molar-refractivity contribution in [2.75, 3.05) is 0 Å². The van der Waals surface area contributed by atoms with Crippen molar-refractivity contribution < 1.29 is 14.6 Å². The van der Waals surface area contributed by atoms with Gasteiger partial charge in [-0.25, -0.2) is 4.79 Å². The Balaban J connectivity index is 2.14. The number of ether oxygens (including phenoxy) is 1. The third-order valence-corrected chi connectivity index (χ3v) is 2.98. The lowest BCUT2D eigenvalue weighted by atomic mass is 10.0. The van der Waals surface area contributed by atoms with Gasteiger partial charge in [0.15, 0.2) is 0 Å². The lowest BCUT2D eigenvalue weighted by Gasteiger charge is -2.19. The zero-order chi connectivity index (χ0) is 15.5. The van der Waals surface area contributed by atoms with Crippen molar-refractivity contribution in [1.82, 2.24) is 0 Å². The molecule has 0 aromatic heterocycles. The second kappa shape index (κ2) is 6.10. The number of hydrogen-bond acceptors (Lipinski definition) is 3. The predicted octanol–water partition coefficient (Wildman–Crippen LogP) is 3.72. The highest BCUT2D eigenvalue weighted by molar-refractivity contribution is 5.89. The van der Waals surface area contributed by atoms with Gasteiger partial charge in [-0.2, -0.15) is 0 Å². The number of aliphatic hydroxyl groups excluding tert-OH is 1. The van der Waals surface area contributed by atoms with Crippen LogP contribution in [0.1, 0.15) is 48.4 Å². The molecule has 3 heteroatoms. The summed E-state index contributed by atoms with van der Waals surface area (Å²) in [5.41, 5.74) is 1.53. The van der Waals surface area contributed by atoms with Crippen LogP contribution in [0, 0.1) is 0 Å². The maximum atomic E-state index is 11.9. The minimum absolute atomic E-state index is 0.358. The molecule has 0 aliphatic heterocycles. The lowest BCUT2D eigenvalue weighted by Crippen LogP contribution is -2.23. The molecular formula is C18H20O3. The Morgan fingerprint density at radius 2 is 1.48 bits per heavy atom. The minimum Gasteiger partial charge on any atom is -0.456 e. The van der Waals surface area contributed by atoms with Crippen molar-refractivity contribution in [1.29, 1.82) is 0 Å². The standard InChI is InChI=1S/C18H20O3/c1-18(2,3)21-17(20)15-11-9-14(10-12-15)16(19)13-7-5-4-6-8-13/h4-12,16,19H,1-3H3.